The van der Waals surface area contributed by atoms with Crippen LogP contribution in [0.1, 0.15) is 35.3 Å². The Morgan fingerprint density at radius 3 is 1.38 bits per heavy atom. The Balaban J connectivity index is 0.00000324. The van der Waals surface area contributed by atoms with Crippen LogP contribution in [0.5, 0.6) is 11.8 Å². The third-order valence-electron chi connectivity index (χ3n) is 4.45. The first-order valence-electron chi connectivity index (χ1n) is 8.83. The Morgan fingerprint density at radius 1 is 0.735 bits per heavy atom. The summed E-state index contributed by atoms with van der Waals surface area (Å²) in [4.78, 5) is 8.52. The van der Waals surface area contributed by atoms with Gasteiger partial charge in [-0.05, 0) is 13.8 Å². The zero-order valence-corrected chi connectivity index (χ0v) is 20.7. The topological polar surface area (TPSA) is 102 Å². The molecule has 0 saturated heterocycles. The van der Waals surface area contributed by atoms with Crippen LogP contribution in [0.3, 0.4) is 0 Å². The van der Waals surface area contributed by atoms with Gasteiger partial charge in [-0.3, -0.25) is 0 Å². The van der Waals surface area contributed by atoms with Crippen LogP contribution in [0.15, 0.2) is 22.9 Å². The Labute approximate surface area is 208 Å². The van der Waals surface area contributed by atoms with Crippen LogP contribution in [0, 0.1) is 0 Å². The first-order chi connectivity index (χ1) is 15.2. The molecule has 0 radical (unpaired) electrons. The molecule has 0 bridgehead atoms. The van der Waals surface area contributed by atoms with Crippen molar-refractivity contribution in [2.45, 2.75) is 31.6 Å². The largest absolute Gasteiger partial charge is 0.493 e. The zero-order chi connectivity index (χ0) is 24.3. The van der Waals surface area contributed by atoms with E-state index in [-0.39, 0.29) is 32.7 Å². The predicted octanol–water partition coefficient (Wildman–Crippen LogP) is 4.74. The molecule has 2 N–H and O–H groups in total. The van der Waals surface area contributed by atoms with Crippen LogP contribution in [-0.4, -0.2) is 39.7 Å². The average molecular weight is 706 g/mol. The molecule has 0 aliphatic heterocycles. The second-order valence-corrected chi connectivity index (χ2v) is 8.96. The smallest absolute Gasteiger partial charge is 0.435 e. The molecular formula is C17H12F6N6O2PtS2. The molecule has 0 fully saturated rings. The van der Waals surface area contributed by atoms with Crippen molar-refractivity contribution in [3.05, 3.63) is 44.3 Å². The van der Waals surface area contributed by atoms with Crippen molar-refractivity contribution in [3.8, 4) is 23.4 Å². The van der Waals surface area contributed by atoms with Gasteiger partial charge < -0.3 is 10.2 Å². The number of thiazole rings is 2. The van der Waals surface area contributed by atoms with Crippen LogP contribution in [-0.2, 0) is 38.8 Å². The number of hydrogen-bond acceptors (Lipinski definition) is 8. The van der Waals surface area contributed by atoms with Crippen LogP contribution < -0.4 is 0 Å². The Bertz CT molecular complexity index is 1220. The number of hydrogen-bond donors (Lipinski definition) is 2. The SMILES string of the molecule is CC(C)(c1nc(-n2nc(C(F)(F)F)cc2O)cs1)c1nc(-n2nc(C(F)(F)F)cc2O)cs1.[Pt]. The fourth-order valence-corrected chi connectivity index (χ4v) is 4.63. The predicted molar refractivity (Wildman–Crippen MR) is 104 cm³/mol. The van der Waals surface area contributed by atoms with E-state index in [0.717, 1.165) is 22.7 Å². The van der Waals surface area contributed by atoms with Crippen molar-refractivity contribution in [2.75, 3.05) is 0 Å². The van der Waals surface area contributed by atoms with Crippen molar-refractivity contribution in [1.29, 1.82) is 0 Å². The first-order valence-corrected chi connectivity index (χ1v) is 10.6. The summed E-state index contributed by atoms with van der Waals surface area (Å²) in [6.45, 7) is 3.40. The average Bonchev–Trinajstić information content (AvgIpc) is 3.45. The fourth-order valence-electron chi connectivity index (χ4n) is 2.75. The quantitative estimate of drug-likeness (QED) is 0.298. The van der Waals surface area contributed by atoms with Crippen molar-refractivity contribution < 1.29 is 57.6 Å². The van der Waals surface area contributed by atoms with E-state index in [1.807, 2.05) is 0 Å². The Kier molecular flexibility index (Phi) is 6.65. The molecule has 0 spiro atoms. The van der Waals surface area contributed by atoms with Crippen LogP contribution in [0.4, 0.5) is 26.3 Å². The summed E-state index contributed by atoms with van der Waals surface area (Å²) in [5.41, 5.74) is -3.48. The summed E-state index contributed by atoms with van der Waals surface area (Å²) < 4.78 is 78.4. The Morgan fingerprint density at radius 2 is 1.09 bits per heavy atom. The second-order valence-electron chi connectivity index (χ2n) is 7.24. The van der Waals surface area contributed by atoms with E-state index >= 15 is 0 Å². The second kappa shape index (κ2) is 8.64. The molecule has 4 aromatic heterocycles. The van der Waals surface area contributed by atoms with Gasteiger partial charge in [-0.15, -0.1) is 22.7 Å². The maximum Gasteiger partial charge on any atom is 0.435 e. The van der Waals surface area contributed by atoms with Gasteiger partial charge in [0.05, 0.1) is 5.41 Å². The molecule has 34 heavy (non-hydrogen) atoms. The molecule has 17 heteroatoms. The molecule has 0 aliphatic rings. The van der Waals surface area contributed by atoms with Gasteiger partial charge in [-0.2, -0.15) is 45.9 Å². The summed E-state index contributed by atoms with van der Waals surface area (Å²) in [5.74, 6) is -1.59. The van der Waals surface area contributed by atoms with E-state index in [2.05, 4.69) is 20.2 Å². The van der Waals surface area contributed by atoms with Gasteiger partial charge in [-0.25, -0.2) is 9.97 Å². The van der Waals surface area contributed by atoms with Gasteiger partial charge >= 0.3 is 12.4 Å². The van der Waals surface area contributed by atoms with Crippen LogP contribution in [0.2, 0.25) is 0 Å². The van der Waals surface area contributed by atoms with Gasteiger partial charge in [0.15, 0.2) is 23.0 Å². The first kappa shape index (κ1) is 26.2. The Hall–Kier alpha value is -2.45. The molecule has 8 nitrogen and oxygen atoms in total. The molecular weight excluding hydrogens is 693 g/mol. The summed E-state index contributed by atoms with van der Waals surface area (Å²) in [5, 5.41) is 29.9. The van der Waals surface area contributed by atoms with E-state index in [4.69, 9.17) is 0 Å². The van der Waals surface area contributed by atoms with Crippen LogP contribution in [0.25, 0.3) is 11.6 Å². The summed E-state index contributed by atoms with van der Waals surface area (Å²) >= 11 is 2.14. The monoisotopic (exact) mass is 705 g/mol. The number of aromatic nitrogens is 6. The molecule has 186 valence electrons. The van der Waals surface area contributed by atoms with Gasteiger partial charge in [-0.1, -0.05) is 0 Å². The minimum atomic E-state index is -4.75. The zero-order valence-electron chi connectivity index (χ0n) is 16.8. The molecule has 4 aromatic rings. The molecule has 4 heterocycles. The number of alkyl halides is 6. The number of halogens is 6. The van der Waals surface area contributed by atoms with E-state index in [9.17, 15) is 36.6 Å². The molecule has 0 aliphatic carbocycles. The normalized spacial score (nSPS) is 12.7. The van der Waals surface area contributed by atoms with E-state index in [1.54, 1.807) is 13.8 Å². The van der Waals surface area contributed by atoms with Gasteiger partial charge in [0.2, 0.25) is 11.8 Å². The molecule has 4 rings (SSSR count). The molecule has 0 saturated carbocycles. The van der Waals surface area contributed by atoms with Crippen molar-refractivity contribution in [1.82, 2.24) is 29.5 Å². The number of aromatic hydroxyl groups is 2. The van der Waals surface area contributed by atoms with E-state index in [1.165, 1.54) is 10.8 Å². The van der Waals surface area contributed by atoms with Crippen LogP contribution >= 0.6 is 22.7 Å². The number of nitrogens with zero attached hydrogens (tertiary/aromatic N) is 6. The summed E-state index contributed by atoms with van der Waals surface area (Å²) in [6.07, 6.45) is -9.50. The van der Waals surface area contributed by atoms with Gasteiger partial charge in [0.1, 0.15) is 10.0 Å². The van der Waals surface area contributed by atoms with Crippen molar-refractivity contribution >= 4 is 22.7 Å². The minimum Gasteiger partial charge on any atom is -0.493 e. The summed E-state index contributed by atoms with van der Waals surface area (Å²) in [7, 11) is 0. The van der Waals surface area contributed by atoms with Crippen molar-refractivity contribution in [3.63, 3.8) is 0 Å². The minimum absolute atomic E-state index is 0. The molecule has 0 aromatic carbocycles. The number of rotatable bonds is 4. The molecule has 0 amide bonds. The van der Waals surface area contributed by atoms with E-state index < -0.39 is 40.9 Å². The summed E-state index contributed by atoms with van der Waals surface area (Å²) in [6, 6.07) is 0.950. The third-order valence-corrected chi connectivity index (χ3v) is 6.76. The van der Waals surface area contributed by atoms with E-state index in [0.29, 0.717) is 31.5 Å². The molecule has 0 atom stereocenters. The maximum absolute atomic E-state index is 12.9. The maximum atomic E-state index is 12.9. The van der Waals surface area contributed by atoms with Gasteiger partial charge in [0.25, 0.3) is 0 Å². The fraction of sp³-hybridized carbons (Fsp3) is 0.294. The third kappa shape index (κ3) is 4.70. The molecule has 0 unspecified atom stereocenters. The standard InChI is InChI=1S/C17H12F6N6O2S2.Pt/c1-15(2,13-24-9(5-32-13)28-11(30)3-7(26-28)16(18,19)20)14-25-10(6-33-14)29-12(31)4-8(27-29)17(21,22)23;/h3-6,30-31H,1-2H3;. The van der Waals surface area contributed by atoms with Crippen molar-refractivity contribution in [2.24, 2.45) is 0 Å². The van der Waals surface area contributed by atoms with Gasteiger partial charge in [0, 0.05) is 44.0 Å².